The van der Waals surface area contributed by atoms with Crippen LogP contribution in [0, 0.1) is 6.92 Å². The molecule has 0 spiro atoms. The number of rotatable bonds is 5. The van der Waals surface area contributed by atoms with Gasteiger partial charge in [0.15, 0.2) is 9.84 Å². The highest BCUT2D eigenvalue weighted by Crippen LogP contribution is 2.31. The van der Waals surface area contributed by atoms with Gasteiger partial charge in [-0.05, 0) is 35.1 Å². The Kier molecular flexibility index (Phi) is 4.97. The zero-order valence-electron chi connectivity index (χ0n) is 14.5. The second kappa shape index (κ2) is 6.67. The van der Waals surface area contributed by atoms with Gasteiger partial charge in [-0.1, -0.05) is 0 Å². The molecule has 0 atom stereocenters. The molecular formula is C14H19N7O3S. The smallest absolute Gasteiger partial charge is 0.266 e. The maximum atomic E-state index is 12.6. The molecule has 0 bridgehead atoms. The summed E-state index contributed by atoms with van der Waals surface area (Å²) in [5, 5.41) is 16.8. The Morgan fingerprint density at radius 2 is 1.88 bits per heavy atom. The molecule has 0 fully saturated rings. The van der Waals surface area contributed by atoms with Crippen molar-refractivity contribution in [3.05, 3.63) is 23.3 Å². The van der Waals surface area contributed by atoms with E-state index in [0.717, 1.165) is 6.26 Å². The van der Waals surface area contributed by atoms with E-state index < -0.39 is 21.5 Å². The second-order valence-electron chi connectivity index (χ2n) is 5.92. The van der Waals surface area contributed by atoms with Crippen molar-refractivity contribution in [3.63, 3.8) is 0 Å². The molecule has 134 valence electrons. The van der Waals surface area contributed by atoms with Crippen LogP contribution in [0.4, 0.5) is 5.69 Å². The molecule has 1 aliphatic rings. The minimum Gasteiger partial charge on any atom is -0.369 e. The first-order valence-electron chi connectivity index (χ1n) is 7.24. The van der Waals surface area contributed by atoms with Crippen LogP contribution in [0.2, 0.25) is 0 Å². The van der Waals surface area contributed by atoms with E-state index in [0.29, 0.717) is 5.56 Å². The van der Waals surface area contributed by atoms with Crippen molar-refractivity contribution in [2.24, 2.45) is 25.7 Å². The maximum absolute atomic E-state index is 12.6. The molecule has 0 aromatic heterocycles. The topological polar surface area (TPSA) is 128 Å². The van der Waals surface area contributed by atoms with Crippen molar-refractivity contribution in [2.75, 3.05) is 20.4 Å². The molecular weight excluding hydrogens is 346 g/mol. The standard InChI is InChI=1S/C14H19N7O3S/c1-9-10(13(22)16-14(2)17-19-20-18-14)6-7-11(25(5,23)24)12(9)15-8-21(3)4/h6-8H,1-5H3,(H,16,22). The Bertz CT molecular complexity index is 876. The number of sulfone groups is 1. The Labute approximate surface area is 145 Å². The van der Waals surface area contributed by atoms with Gasteiger partial charge in [0.2, 0.25) is 0 Å². The van der Waals surface area contributed by atoms with E-state index in [1.165, 1.54) is 25.4 Å². The van der Waals surface area contributed by atoms with E-state index in [1.807, 2.05) is 0 Å². The Hall–Kier alpha value is -2.69. The van der Waals surface area contributed by atoms with Gasteiger partial charge < -0.3 is 10.2 Å². The molecule has 0 unspecified atom stereocenters. The third-order valence-electron chi connectivity index (χ3n) is 3.33. The molecule has 1 aromatic carbocycles. The highest BCUT2D eigenvalue weighted by molar-refractivity contribution is 7.90. The van der Waals surface area contributed by atoms with Crippen LogP contribution in [-0.2, 0) is 9.84 Å². The van der Waals surface area contributed by atoms with Gasteiger partial charge in [0.05, 0.1) is 16.9 Å². The van der Waals surface area contributed by atoms with E-state index in [-0.39, 0.29) is 16.1 Å². The third-order valence-corrected chi connectivity index (χ3v) is 4.45. The average molecular weight is 365 g/mol. The quantitative estimate of drug-likeness (QED) is 0.630. The van der Waals surface area contributed by atoms with E-state index >= 15 is 0 Å². The predicted molar refractivity (Wildman–Crippen MR) is 91.7 cm³/mol. The van der Waals surface area contributed by atoms with Crippen molar-refractivity contribution in [1.82, 2.24) is 10.2 Å². The first-order chi connectivity index (χ1) is 11.5. The van der Waals surface area contributed by atoms with Crippen molar-refractivity contribution in [1.29, 1.82) is 0 Å². The van der Waals surface area contributed by atoms with E-state index in [2.05, 4.69) is 31.0 Å². The van der Waals surface area contributed by atoms with Crippen LogP contribution in [0.25, 0.3) is 0 Å². The third kappa shape index (κ3) is 4.24. The van der Waals surface area contributed by atoms with Crippen molar-refractivity contribution in [3.8, 4) is 0 Å². The van der Waals surface area contributed by atoms with Gasteiger partial charge in [-0.3, -0.25) is 4.79 Å². The predicted octanol–water partition coefficient (Wildman–Crippen LogP) is 1.86. The van der Waals surface area contributed by atoms with Crippen molar-refractivity contribution < 1.29 is 13.2 Å². The van der Waals surface area contributed by atoms with Crippen molar-refractivity contribution >= 4 is 27.8 Å². The summed E-state index contributed by atoms with van der Waals surface area (Å²) in [7, 11) is 0.00101. The highest BCUT2D eigenvalue weighted by Gasteiger charge is 2.30. The van der Waals surface area contributed by atoms with Crippen LogP contribution in [0.5, 0.6) is 0 Å². The second-order valence-corrected chi connectivity index (χ2v) is 7.90. The summed E-state index contributed by atoms with van der Waals surface area (Å²) in [5.74, 6) is -1.76. The first kappa shape index (κ1) is 18.6. The number of nitrogens with zero attached hydrogens (tertiary/aromatic N) is 6. The lowest BCUT2D eigenvalue weighted by atomic mass is 10.1. The van der Waals surface area contributed by atoms with Crippen LogP contribution in [-0.4, -0.2) is 51.7 Å². The molecule has 2 rings (SSSR count). The molecule has 25 heavy (non-hydrogen) atoms. The number of carbonyl (C=O) groups excluding carboxylic acids is 1. The summed E-state index contributed by atoms with van der Waals surface area (Å²) >= 11 is 0. The summed E-state index contributed by atoms with van der Waals surface area (Å²) in [5.41, 5.74) is 0.898. The summed E-state index contributed by atoms with van der Waals surface area (Å²) in [6, 6.07) is 2.79. The van der Waals surface area contributed by atoms with E-state index in [4.69, 9.17) is 0 Å². The number of amides is 1. The zero-order chi connectivity index (χ0) is 18.8. The normalized spacial score (nSPS) is 15.7. The summed E-state index contributed by atoms with van der Waals surface area (Å²) in [6.45, 7) is 3.17. The van der Waals surface area contributed by atoms with Crippen LogP contribution < -0.4 is 5.32 Å². The molecule has 1 N–H and O–H groups in total. The van der Waals surface area contributed by atoms with Crippen LogP contribution in [0.1, 0.15) is 22.8 Å². The molecule has 1 aliphatic heterocycles. The minimum atomic E-state index is -3.51. The fourth-order valence-corrected chi connectivity index (χ4v) is 2.99. The minimum absolute atomic E-state index is 0.0473. The Morgan fingerprint density at radius 3 is 2.40 bits per heavy atom. The molecule has 1 heterocycles. The lowest BCUT2D eigenvalue weighted by Crippen LogP contribution is -2.41. The Balaban J connectivity index is 2.50. The van der Waals surface area contributed by atoms with Crippen LogP contribution >= 0.6 is 0 Å². The van der Waals surface area contributed by atoms with Crippen LogP contribution in [0.15, 0.2) is 42.7 Å². The fourth-order valence-electron chi connectivity index (χ4n) is 2.12. The molecule has 1 amide bonds. The average Bonchev–Trinajstić information content (AvgIpc) is 2.90. The molecule has 0 radical (unpaired) electrons. The summed E-state index contributed by atoms with van der Waals surface area (Å²) in [4.78, 5) is 18.5. The summed E-state index contributed by atoms with van der Waals surface area (Å²) in [6.07, 6.45) is 2.57. The first-order valence-corrected chi connectivity index (χ1v) is 9.13. The Morgan fingerprint density at radius 1 is 1.28 bits per heavy atom. The molecule has 0 aliphatic carbocycles. The zero-order valence-corrected chi connectivity index (χ0v) is 15.4. The number of hydrogen-bond acceptors (Lipinski definition) is 8. The molecule has 10 nitrogen and oxygen atoms in total. The highest BCUT2D eigenvalue weighted by atomic mass is 32.2. The van der Waals surface area contributed by atoms with Gasteiger partial charge >= 0.3 is 0 Å². The van der Waals surface area contributed by atoms with Gasteiger partial charge in [0, 0.05) is 32.8 Å². The van der Waals surface area contributed by atoms with Gasteiger partial charge in [0.25, 0.3) is 11.7 Å². The van der Waals surface area contributed by atoms with Gasteiger partial charge in [0.1, 0.15) is 0 Å². The van der Waals surface area contributed by atoms with E-state index in [9.17, 15) is 13.2 Å². The van der Waals surface area contributed by atoms with Crippen LogP contribution in [0.3, 0.4) is 0 Å². The monoisotopic (exact) mass is 365 g/mol. The van der Waals surface area contributed by atoms with E-state index in [1.54, 1.807) is 25.9 Å². The summed E-state index contributed by atoms with van der Waals surface area (Å²) < 4.78 is 24.0. The lowest BCUT2D eigenvalue weighted by molar-refractivity contribution is 0.0910. The lowest BCUT2D eigenvalue weighted by Gasteiger charge is -2.18. The van der Waals surface area contributed by atoms with Gasteiger partial charge in [-0.15, -0.1) is 10.2 Å². The van der Waals surface area contributed by atoms with Gasteiger partial charge in [-0.25, -0.2) is 13.4 Å². The molecule has 11 heteroatoms. The SMILES string of the molecule is Cc1c(C(=O)NC2(C)N=NN=N2)ccc(S(C)(=O)=O)c1N=CN(C)C. The number of carbonyl (C=O) groups is 1. The number of hydrogen-bond donors (Lipinski definition) is 1. The number of benzene rings is 1. The fraction of sp³-hybridized carbons (Fsp3) is 0.429. The molecule has 0 saturated carbocycles. The largest absolute Gasteiger partial charge is 0.369 e. The maximum Gasteiger partial charge on any atom is 0.266 e. The number of nitrogens with one attached hydrogen (secondary N) is 1. The molecule has 1 aromatic rings. The number of aliphatic imine (C=N–C) groups is 1. The van der Waals surface area contributed by atoms with Gasteiger partial charge in [-0.2, -0.15) is 0 Å². The molecule has 0 saturated heterocycles. The van der Waals surface area contributed by atoms with Crippen molar-refractivity contribution in [2.45, 2.75) is 24.5 Å².